The van der Waals surface area contributed by atoms with Crippen LogP contribution in [0.2, 0.25) is 0 Å². The number of methoxy groups -OCH3 is 1. The topological polar surface area (TPSA) is 56.1 Å². The third-order valence-corrected chi connectivity index (χ3v) is 4.78. The summed E-state index contributed by atoms with van der Waals surface area (Å²) in [7, 11) is 3.71. The molecular weight excluding hydrogens is 322 g/mol. The highest BCUT2D eigenvalue weighted by molar-refractivity contribution is 7.09. The van der Waals surface area contributed by atoms with Gasteiger partial charge in [0.05, 0.1) is 18.4 Å². The molecule has 1 unspecified atom stereocenters. The van der Waals surface area contributed by atoms with Crippen molar-refractivity contribution in [2.45, 2.75) is 26.5 Å². The van der Waals surface area contributed by atoms with Gasteiger partial charge < -0.3 is 9.64 Å². The van der Waals surface area contributed by atoms with E-state index in [-0.39, 0.29) is 6.10 Å². The summed E-state index contributed by atoms with van der Waals surface area (Å²) in [4.78, 5) is 11.4. The van der Waals surface area contributed by atoms with Crippen LogP contribution in [0.5, 0.6) is 0 Å². The van der Waals surface area contributed by atoms with Crippen molar-refractivity contribution in [1.29, 1.82) is 0 Å². The van der Waals surface area contributed by atoms with Crippen LogP contribution in [-0.2, 0) is 11.3 Å². The molecule has 24 heavy (non-hydrogen) atoms. The van der Waals surface area contributed by atoms with E-state index in [0.29, 0.717) is 6.54 Å². The minimum Gasteiger partial charge on any atom is -0.375 e. The SMILES string of the molecule is COC(C)c1nc(CN(C)c2cccc(-n3cc(C)cn3)n2)cs1. The van der Waals surface area contributed by atoms with Gasteiger partial charge in [0.15, 0.2) is 5.82 Å². The standard InChI is InChI=1S/C17H21N5OS/c1-12-8-18-22(9-12)16-7-5-6-15(20-16)21(3)10-14-11-24-17(19-14)13(2)23-4/h5-9,11,13H,10H2,1-4H3. The smallest absolute Gasteiger partial charge is 0.155 e. The van der Waals surface area contributed by atoms with Gasteiger partial charge in [0.25, 0.3) is 0 Å². The van der Waals surface area contributed by atoms with Crippen LogP contribution in [0.1, 0.15) is 29.3 Å². The molecular formula is C17H21N5OS. The van der Waals surface area contributed by atoms with Gasteiger partial charge in [-0.3, -0.25) is 0 Å². The first-order valence-electron chi connectivity index (χ1n) is 7.73. The van der Waals surface area contributed by atoms with Gasteiger partial charge in [-0.25, -0.2) is 14.6 Å². The minimum atomic E-state index is 0.0264. The van der Waals surface area contributed by atoms with Crippen molar-refractivity contribution < 1.29 is 4.74 Å². The lowest BCUT2D eigenvalue weighted by Gasteiger charge is -2.17. The molecule has 6 nitrogen and oxygen atoms in total. The number of hydrogen-bond donors (Lipinski definition) is 0. The number of pyridine rings is 1. The maximum absolute atomic E-state index is 5.32. The zero-order valence-electron chi connectivity index (χ0n) is 14.3. The lowest BCUT2D eigenvalue weighted by molar-refractivity contribution is 0.119. The maximum Gasteiger partial charge on any atom is 0.155 e. The highest BCUT2D eigenvalue weighted by Gasteiger charge is 2.12. The number of thiazole rings is 1. The fourth-order valence-electron chi connectivity index (χ4n) is 2.30. The molecule has 3 aromatic rings. The van der Waals surface area contributed by atoms with E-state index in [4.69, 9.17) is 4.74 Å². The van der Waals surface area contributed by atoms with E-state index in [1.54, 1.807) is 23.1 Å². The van der Waals surface area contributed by atoms with Crippen LogP contribution in [0.15, 0.2) is 36.0 Å². The Morgan fingerprint density at radius 1 is 1.33 bits per heavy atom. The predicted octanol–water partition coefficient (Wildman–Crippen LogP) is 3.38. The van der Waals surface area contributed by atoms with E-state index < -0.39 is 0 Å². The van der Waals surface area contributed by atoms with Crippen molar-refractivity contribution in [1.82, 2.24) is 19.7 Å². The van der Waals surface area contributed by atoms with E-state index in [9.17, 15) is 0 Å². The van der Waals surface area contributed by atoms with E-state index in [0.717, 1.165) is 27.9 Å². The third kappa shape index (κ3) is 3.63. The van der Waals surface area contributed by atoms with Gasteiger partial charge in [0.1, 0.15) is 16.9 Å². The Labute approximate surface area is 145 Å². The zero-order chi connectivity index (χ0) is 17.1. The van der Waals surface area contributed by atoms with Gasteiger partial charge in [-0.2, -0.15) is 5.10 Å². The predicted molar refractivity (Wildman–Crippen MR) is 95.7 cm³/mol. The highest BCUT2D eigenvalue weighted by Crippen LogP contribution is 2.22. The molecule has 0 aliphatic heterocycles. The molecule has 0 amide bonds. The monoisotopic (exact) mass is 343 g/mol. The van der Waals surface area contributed by atoms with Gasteiger partial charge in [-0.15, -0.1) is 11.3 Å². The average Bonchev–Trinajstić information content (AvgIpc) is 3.23. The summed E-state index contributed by atoms with van der Waals surface area (Å²) in [5.41, 5.74) is 2.13. The summed E-state index contributed by atoms with van der Waals surface area (Å²) >= 11 is 1.62. The van der Waals surface area contributed by atoms with Crippen LogP contribution in [0.4, 0.5) is 5.82 Å². The van der Waals surface area contributed by atoms with Crippen LogP contribution < -0.4 is 4.90 Å². The summed E-state index contributed by atoms with van der Waals surface area (Å²) < 4.78 is 7.10. The molecule has 1 atom stereocenters. The number of nitrogens with zero attached hydrogens (tertiary/aromatic N) is 5. The Kier molecular flexibility index (Phi) is 4.92. The molecule has 0 N–H and O–H groups in total. The van der Waals surface area contributed by atoms with Crippen molar-refractivity contribution in [3.63, 3.8) is 0 Å². The number of hydrogen-bond acceptors (Lipinski definition) is 6. The Morgan fingerprint density at radius 3 is 2.88 bits per heavy atom. The van der Waals surface area contributed by atoms with Gasteiger partial charge in [-0.05, 0) is 31.5 Å². The van der Waals surface area contributed by atoms with Gasteiger partial charge in [-0.1, -0.05) is 6.07 Å². The lowest BCUT2D eigenvalue weighted by atomic mass is 10.3. The van der Waals surface area contributed by atoms with E-state index in [1.807, 2.05) is 51.5 Å². The summed E-state index contributed by atoms with van der Waals surface area (Å²) in [5, 5.41) is 7.38. The Morgan fingerprint density at radius 2 is 2.17 bits per heavy atom. The van der Waals surface area contributed by atoms with Crippen LogP contribution in [0.25, 0.3) is 5.82 Å². The van der Waals surface area contributed by atoms with Crippen molar-refractivity contribution in [3.05, 3.63) is 52.2 Å². The number of ether oxygens (including phenoxy) is 1. The molecule has 126 valence electrons. The van der Waals surface area contributed by atoms with Gasteiger partial charge >= 0.3 is 0 Å². The fraction of sp³-hybridized carbons (Fsp3) is 0.353. The van der Waals surface area contributed by atoms with E-state index in [1.165, 1.54) is 0 Å². The van der Waals surface area contributed by atoms with E-state index in [2.05, 4.69) is 25.3 Å². The van der Waals surface area contributed by atoms with Crippen LogP contribution in [0.3, 0.4) is 0 Å². The lowest BCUT2D eigenvalue weighted by Crippen LogP contribution is -2.18. The fourth-order valence-corrected chi connectivity index (χ4v) is 3.14. The molecule has 7 heteroatoms. The number of aromatic nitrogens is 4. The Balaban J connectivity index is 1.75. The molecule has 0 aliphatic carbocycles. The first kappa shape index (κ1) is 16.6. The third-order valence-electron chi connectivity index (χ3n) is 3.73. The molecule has 0 aromatic carbocycles. The summed E-state index contributed by atoms with van der Waals surface area (Å²) in [6.45, 7) is 4.71. The second-order valence-corrected chi connectivity index (χ2v) is 6.62. The van der Waals surface area contributed by atoms with Crippen LogP contribution in [0, 0.1) is 6.92 Å². The summed E-state index contributed by atoms with van der Waals surface area (Å²) in [6, 6.07) is 5.93. The first-order chi connectivity index (χ1) is 11.6. The molecule has 0 saturated carbocycles. The molecule has 0 bridgehead atoms. The molecule has 0 spiro atoms. The largest absolute Gasteiger partial charge is 0.375 e. The Bertz CT molecular complexity index is 813. The summed E-state index contributed by atoms with van der Waals surface area (Å²) in [5.74, 6) is 1.69. The normalized spacial score (nSPS) is 12.3. The first-order valence-corrected chi connectivity index (χ1v) is 8.61. The van der Waals surface area contributed by atoms with Crippen molar-refractivity contribution >= 4 is 17.2 Å². The number of anilines is 1. The van der Waals surface area contributed by atoms with Gasteiger partial charge in [0, 0.05) is 25.7 Å². The molecule has 3 rings (SSSR count). The quantitative estimate of drug-likeness (QED) is 0.687. The molecule has 3 aromatic heterocycles. The molecule has 3 heterocycles. The number of rotatable bonds is 6. The van der Waals surface area contributed by atoms with Crippen LogP contribution in [-0.4, -0.2) is 33.9 Å². The van der Waals surface area contributed by atoms with E-state index >= 15 is 0 Å². The minimum absolute atomic E-state index is 0.0264. The van der Waals surface area contributed by atoms with Gasteiger partial charge in [0.2, 0.25) is 0 Å². The summed E-state index contributed by atoms with van der Waals surface area (Å²) in [6.07, 6.45) is 3.81. The molecule has 0 fully saturated rings. The number of aryl methyl sites for hydroxylation is 1. The van der Waals surface area contributed by atoms with Crippen molar-refractivity contribution in [2.24, 2.45) is 0 Å². The second-order valence-electron chi connectivity index (χ2n) is 5.73. The van der Waals surface area contributed by atoms with Crippen LogP contribution >= 0.6 is 11.3 Å². The highest BCUT2D eigenvalue weighted by atomic mass is 32.1. The average molecular weight is 343 g/mol. The molecule has 0 radical (unpaired) electrons. The maximum atomic E-state index is 5.32. The second kappa shape index (κ2) is 7.11. The molecule has 0 saturated heterocycles. The van der Waals surface area contributed by atoms with Crippen molar-refractivity contribution in [2.75, 3.05) is 19.1 Å². The zero-order valence-corrected chi connectivity index (χ0v) is 15.1. The van der Waals surface area contributed by atoms with Crippen molar-refractivity contribution in [3.8, 4) is 5.82 Å². The Hall–Kier alpha value is -2.25. The molecule has 0 aliphatic rings.